The Kier molecular flexibility index (Phi) is 4.56. The lowest BCUT2D eigenvalue weighted by atomic mass is 10.0. The minimum Gasteiger partial charge on any atom is -0.508 e. The summed E-state index contributed by atoms with van der Waals surface area (Å²) in [7, 11) is 3.10. The van der Waals surface area contributed by atoms with Crippen molar-refractivity contribution in [3.05, 3.63) is 41.5 Å². The van der Waals surface area contributed by atoms with Gasteiger partial charge >= 0.3 is 5.97 Å². The topological polar surface area (TPSA) is 94.5 Å². The minimum absolute atomic E-state index is 0.0602. The number of phenolic OH excluding ortho intramolecular Hbond substituents is 2. The van der Waals surface area contributed by atoms with Crippen LogP contribution in [0.2, 0.25) is 0 Å². The first-order chi connectivity index (χ1) is 12.0. The van der Waals surface area contributed by atoms with E-state index in [1.807, 2.05) is 0 Å². The van der Waals surface area contributed by atoms with Gasteiger partial charge in [-0.2, -0.15) is 0 Å². The van der Waals surface area contributed by atoms with E-state index in [1.54, 1.807) is 26.4 Å². The Morgan fingerprint density at radius 3 is 2.44 bits per heavy atom. The summed E-state index contributed by atoms with van der Waals surface area (Å²) < 4.78 is 21.7. The van der Waals surface area contributed by atoms with E-state index in [-0.39, 0.29) is 23.7 Å². The molecule has 0 aromatic heterocycles. The smallest absolute Gasteiger partial charge is 0.338 e. The van der Waals surface area contributed by atoms with Crippen molar-refractivity contribution in [1.82, 2.24) is 0 Å². The fourth-order valence-corrected chi connectivity index (χ4v) is 2.70. The van der Waals surface area contributed by atoms with Crippen LogP contribution in [0.1, 0.15) is 15.9 Å². The van der Waals surface area contributed by atoms with Crippen molar-refractivity contribution in [2.75, 3.05) is 20.8 Å². The van der Waals surface area contributed by atoms with Gasteiger partial charge in [0.05, 0.1) is 19.8 Å². The van der Waals surface area contributed by atoms with Gasteiger partial charge in [0.25, 0.3) is 0 Å². The maximum atomic E-state index is 12.2. The van der Waals surface area contributed by atoms with Crippen molar-refractivity contribution in [2.45, 2.75) is 12.5 Å². The molecule has 0 radical (unpaired) electrons. The lowest BCUT2D eigenvalue weighted by molar-refractivity contribution is 0.0127. The Morgan fingerprint density at radius 1 is 1.08 bits per heavy atom. The van der Waals surface area contributed by atoms with Gasteiger partial charge in [-0.05, 0) is 12.1 Å². The second-order valence-electron chi connectivity index (χ2n) is 5.59. The summed E-state index contributed by atoms with van der Waals surface area (Å²) in [6.07, 6.45) is -0.106. The van der Waals surface area contributed by atoms with Crippen molar-refractivity contribution in [2.24, 2.45) is 0 Å². The molecule has 0 bridgehead atoms. The number of rotatable bonds is 4. The van der Waals surface area contributed by atoms with Crippen molar-refractivity contribution in [3.63, 3.8) is 0 Å². The van der Waals surface area contributed by atoms with Gasteiger partial charge in [-0.25, -0.2) is 4.79 Å². The van der Waals surface area contributed by atoms with Gasteiger partial charge in [0.15, 0.2) is 0 Å². The highest BCUT2D eigenvalue weighted by Gasteiger charge is 2.27. The molecule has 2 aromatic rings. The number of carbonyl (C=O) groups is 1. The Hall–Kier alpha value is -3.09. The second kappa shape index (κ2) is 6.80. The van der Waals surface area contributed by atoms with Crippen molar-refractivity contribution in [1.29, 1.82) is 0 Å². The van der Waals surface area contributed by atoms with Crippen LogP contribution in [-0.4, -0.2) is 43.1 Å². The van der Waals surface area contributed by atoms with Crippen LogP contribution in [0.25, 0.3) is 0 Å². The molecule has 1 aliphatic heterocycles. The second-order valence-corrected chi connectivity index (χ2v) is 5.59. The lowest BCUT2D eigenvalue weighted by Gasteiger charge is -2.27. The Balaban J connectivity index is 1.77. The Bertz CT molecular complexity index is 763. The molecule has 132 valence electrons. The van der Waals surface area contributed by atoms with Crippen LogP contribution < -0.4 is 14.2 Å². The summed E-state index contributed by atoms with van der Waals surface area (Å²) in [5.74, 6) is 0.734. The summed E-state index contributed by atoms with van der Waals surface area (Å²) in [6.45, 7) is 0.180. The van der Waals surface area contributed by atoms with E-state index >= 15 is 0 Å². The highest BCUT2D eigenvalue weighted by Crippen LogP contribution is 2.38. The van der Waals surface area contributed by atoms with Crippen LogP contribution in [0.5, 0.6) is 28.7 Å². The largest absolute Gasteiger partial charge is 0.508 e. The Labute approximate surface area is 144 Å². The van der Waals surface area contributed by atoms with E-state index in [4.69, 9.17) is 18.9 Å². The van der Waals surface area contributed by atoms with Crippen LogP contribution in [0, 0.1) is 0 Å². The van der Waals surface area contributed by atoms with E-state index in [1.165, 1.54) is 12.1 Å². The molecule has 1 unspecified atom stereocenters. The summed E-state index contributed by atoms with van der Waals surface area (Å²) >= 11 is 0. The normalized spacial score (nSPS) is 15.7. The molecule has 0 fully saturated rings. The quantitative estimate of drug-likeness (QED) is 0.820. The molecule has 3 rings (SSSR count). The first-order valence-electron chi connectivity index (χ1n) is 7.62. The molecule has 2 N–H and O–H groups in total. The predicted molar refractivity (Wildman–Crippen MR) is 87.7 cm³/mol. The fourth-order valence-electron chi connectivity index (χ4n) is 2.70. The summed E-state index contributed by atoms with van der Waals surface area (Å²) in [5, 5.41) is 19.0. The van der Waals surface area contributed by atoms with E-state index in [9.17, 15) is 15.0 Å². The molecule has 7 nitrogen and oxygen atoms in total. The number of esters is 1. The van der Waals surface area contributed by atoms with Gasteiger partial charge in [-0.3, -0.25) is 0 Å². The highest BCUT2D eigenvalue weighted by atomic mass is 16.6. The molecule has 25 heavy (non-hydrogen) atoms. The van der Waals surface area contributed by atoms with Gasteiger partial charge in [0.2, 0.25) is 0 Å². The number of hydrogen-bond acceptors (Lipinski definition) is 7. The number of phenols is 2. The number of methoxy groups -OCH3 is 2. The molecule has 2 aromatic carbocycles. The standard InChI is InChI=1S/C18H18O7/c1-22-13-7-16(23-2)15-6-14(9-24-17(15)8-13)25-18(21)10-3-11(19)5-12(20)4-10/h3-5,7-8,14,19-20H,6,9H2,1-2H3. The fraction of sp³-hybridized carbons (Fsp3) is 0.278. The summed E-state index contributed by atoms with van der Waals surface area (Å²) in [4.78, 5) is 12.2. The van der Waals surface area contributed by atoms with Crippen LogP contribution in [0.4, 0.5) is 0 Å². The van der Waals surface area contributed by atoms with Crippen molar-refractivity contribution < 1.29 is 34.0 Å². The number of carbonyl (C=O) groups excluding carboxylic acids is 1. The van der Waals surface area contributed by atoms with E-state index < -0.39 is 12.1 Å². The zero-order valence-corrected chi connectivity index (χ0v) is 13.8. The molecule has 0 amide bonds. The molecule has 7 heteroatoms. The molecule has 1 heterocycles. The van der Waals surface area contributed by atoms with Gasteiger partial charge in [-0.1, -0.05) is 0 Å². The highest BCUT2D eigenvalue weighted by molar-refractivity contribution is 5.90. The minimum atomic E-state index is -0.657. The van der Waals surface area contributed by atoms with E-state index in [0.29, 0.717) is 23.7 Å². The summed E-state index contributed by atoms with van der Waals surface area (Å²) in [6, 6.07) is 7.08. The van der Waals surface area contributed by atoms with E-state index in [0.717, 1.165) is 11.6 Å². The average molecular weight is 346 g/mol. The van der Waals surface area contributed by atoms with Crippen LogP contribution in [-0.2, 0) is 11.2 Å². The van der Waals surface area contributed by atoms with Crippen molar-refractivity contribution >= 4 is 5.97 Å². The third-order valence-corrected chi connectivity index (χ3v) is 3.87. The van der Waals surface area contributed by atoms with Crippen LogP contribution in [0.3, 0.4) is 0 Å². The molecular formula is C18H18O7. The number of aromatic hydroxyl groups is 2. The van der Waals surface area contributed by atoms with E-state index in [2.05, 4.69) is 0 Å². The molecular weight excluding hydrogens is 328 g/mol. The summed E-state index contributed by atoms with van der Waals surface area (Å²) in [5.41, 5.74) is 0.844. The first kappa shape index (κ1) is 16.8. The monoisotopic (exact) mass is 346 g/mol. The maximum Gasteiger partial charge on any atom is 0.338 e. The molecule has 0 aliphatic carbocycles. The van der Waals surface area contributed by atoms with Crippen LogP contribution in [0.15, 0.2) is 30.3 Å². The molecule has 1 atom stereocenters. The third-order valence-electron chi connectivity index (χ3n) is 3.87. The molecule has 1 aliphatic rings. The van der Waals surface area contributed by atoms with Crippen LogP contribution >= 0.6 is 0 Å². The zero-order valence-electron chi connectivity index (χ0n) is 13.8. The zero-order chi connectivity index (χ0) is 18.0. The molecule has 0 spiro atoms. The van der Waals surface area contributed by atoms with Crippen molar-refractivity contribution in [3.8, 4) is 28.7 Å². The van der Waals surface area contributed by atoms with Gasteiger partial charge in [0.1, 0.15) is 41.5 Å². The Morgan fingerprint density at radius 2 is 1.80 bits per heavy atom. The number of fused-ring (bicyclic) bond motifs is 1. The van der Waals surface area contributed by atoms with Gasteiger partial charge in [-0.15, -0.1) is 0 Å². The number of ether oxygens (including phenoxy) is 4. The predicted octanol–water partition coefficient (Wildman–Crippen LogP) is 2.28. The molecule has 0 saturated carbocycles. The van der Waals surface area contributed by atoms with Gasteiger partial charge in [0, 0.05) is 30.2 Å². The SMILES string of the molecule is COc1cc(OC)c2c(c1)OCC(OC(=O)c1cc(O)cc(O)c1)C2. The maximum absolute atomic E-state index is 12.2. The number of hydrogen-bond donors (Lipinski definition) is 2. The lowest BCUT2D eigenvalue weighted by Crippen LogP contribution is -2.31. The molecule has 0 saturated heterocycles. The number of benzene rings is 2. The van der Waals surface area contributed by atoms with Gasteiger partial charge < -0.3 is 29.2 Å². The average Bonchev–Trinajstić information content (AvgIpc) is 2.59. The first-order valence-corrected chi connectivity index (χ1v) is 7.62. The third kappa shape index (κ3) is 3.55.